The highest BCUT2D eigenvalue weighted by atomic mass is 79.9. The van der Waals surface area contributed by atoms with Crippen LogP contribution in [-0.4, -0.2) is 18.2 Å². The van der Waals surface area contributed by atoms with Gasteiger partial charge in [0.2, 0.25) is 0 Å². The summed E-state index contributed by atoms with van der Waals surface area (Å²) in [5, 5.41) is 10.1. The summed E-state index contributed by atoms with van der Waals surface area (Å²) < 4.78 is 12.0. The van der Waals surface area contributed by atoms with Crippen molar-refractivity contribution in [3.63, 3.8) is 0 Å². The van der Waals surface area contributed by atoms with Crippen LogP contribution in [0.4, 0.5) is 0 Å². The molecule has 0 aliphatic heterocycles. The number of rotatable bonds is 5. The zero-order chi connectivity index (χ0) is 13.8. The van der Waals surface area contributed by atoms with E-state index >= 15 is 0 Å². The van der Waals surface area contributed by atoms with Crippen LogP contribution in [0.3, 0.4) is 0 Å². The summed E-state index contributed by atoms with van der Waals surface area (Å²) >= 11 is 3.40. The number of hydrogen-bond donors (Lipinski definition) is 1. The molecule has 1 heterocycles. The summed E-state index contributed by atoms with van der Waals surface area (Å²) in [6, 6.07) is 7.89. The molecule has 2 aromatic rings. The van der Waals surface area contributed by atoms with Crippen LogP contribution in [-0.2, 0) is 9.47 Å². The Kier molecular flexibility index (Phi) is 4.59. The van der Waals surface area contributed by atoms with Crippen molar-refractivity contribution < 1.29 is 9.47 Å². The highest BCUT2D eigenvalue weighted by Gasteiger charge is 2.16. The molecule has 0 radical (unpaired) electrons. The largest absolute Gasteiger partial charge is 0.353 e. The molecule has 1 aromatic heterocycles. The second-order valence-corrected chi connectivity index (χ2v) is 4.91. The molecule has 0 unspecified atom stereocenters. The summed E-state index contributed by atoms with van der Waals surface area (Å²) in [7, 11) is 0. The third kappa shape index (κ3) is 2.98. The molecule has 1 aromatic carbocycles. The van der Waals surface area contributed by atoms with E-state index in [9.17, 15) is 0 Å². The van der Waals surface area contributed by atoms with Gasteiger partial charge in [0.25, 0.3) is 0 Å². The molecule has 19 heavy (non-hydrogen) atoms. The first-order valence-electron chi connectivity index (χ1n) is 6.15. The predicted molar refractivity (Wildman–Crippen MR) is 76.7 cm³/mol. The minimum Gasteiger partial charge on any atom is -0.353 e. The number of fused-ring (bicyclic) bond motifs is 1. The topological polar surface area (TPSA) is 58.0 Å². The van der Waals surface area contributed by atoms with Crippen molar-refractivity contribution in [3.8, 4) is 6.07 Å². The molecule has 4 nitrogen and oxygen atoms in total. The molecule has 0 aliphatic carbocycles. The number of nitriles is 1. The molecular formula is C14H15BrN2O2. The molecule has 5 heteroatoms. The molecule has 1 N–H and O–H groups in total. The first kappa shape index (κ1) is 14.1. The fourth-order valence-corrected chi connectivity index (χ4v) is 2.45. The van der Waals surface area contributed by atoms with E-state index in [4.69, 9.17) is 14.7 Å². The van der Waals surface area contributed by atoms with E-state index in [-0.39, 0.29) is 0 Å². The normalized spacial score (nSPS) is 11.1. The SMILES string of the molecule is CCOC(OCC)c1cc2cc(Br)cc(C#N)c2[nH]1. The zero-order valence-corrected chi connectivity index (χ0v) is 12.5. The van der Waals surface area contributed by atoms with Crippen LogP contribution in [0.5, 0.6) is 0 Å². The minimum absolute atomic E-state index is 0.423. The van der Waals surface area contributed by atoms with Gasteiger partial charge in [0.15, 0.2) is 6.29 Å². The van der Waals surface area contributed by atoms with E-state index in [0.29, 0.717) is 18.8 Å². The lowest BCUT2D eigenvalue weighted by Crippen LogP contribution is -2.09. The van der Waals surface area contributed by atoms with Gasteiger partial charge in [-0.2, -0.15) is 5.26 Å². The zero-order valence-electron chi connectivity index (χ0n) is 10.9. The van der Waals surface area contributed by atoms with E-state index in [1.165, 1.54) is 0 Å². The summed E-state index contributed by atoms with van der Waals surface area (Å²) in [6.45, 7) is 4.97. The van der Waals surface area contributed by atoms with Crippen molar-refractivity contribution in [2.75, 3.05) is 13.2 Å². The van der Waals surface area contributed by atoms with Crippen molar-refractivity contribution in [1.82, 2.24) is 4.98 Å². The van der Waals surface area contributed by atoms with Gasteiger partial charge in [-0.1, -0.05) is 15.9 Å². The first-order valence-corrected chi connectivity index (χ1v) is 6.94. The number of H-pyrrole nitrogens is 1. The minimum atomic E-state index is -0.423. The Hall–Kier alpha value is -1.35. The van der Waals surface area contributed by atoms with E-state index in [1.807, 2.05) is 26.0 Å². The van der Waals surface area contributed by atoms with Crippen molar-refractivity contribution in [2.24, 2.45) is 0 Å². The van der Waals surface area contributed by atoms with Gasteiger partial charge in [-0.15, -0.1) is 0 Å². The average Bonchev–Trinajstić information content (AvgIpc) is 2.81. The Balaban J connectivity index is 2.48. The van der Waals surface area contributed by atoms with Crippen LogP contribution in [0.1, 0.15) is 31.4 Å². The van der Waals surface area contributed by atoms with Crippen LogP contribution >= 0.6 is 15.9 Å². The Bertz CT molecular complexity index is 610. The maximum absolute atomic E-state index is 9.16. The van der Waals surface area contributed by atoms with Gasteiger partial charge in [0, 0.05) is 23.1 Å². The standard InChI is InChI=1S/C14H15BrN2O2/c1-3-18-14(19-4-2)12-7-9-5-11(15)6-10(8-16)13(9)17-12/h5-7,14,17H,3-4H2,1-2H3. The van der Waals surface area contributed by atoms with Gasteiger partial charge < -0.3 is 14.5 Å². The van der Waals surface area contributed by atoms with Gasteiger partial charge in [-0.25, -0.2) is 0 Å². The maximum Gasteiger partial charge on any atom is 0.198 e. The number of halogens is 1. The van der Waals surface area contributed by atoms with Gasteiger partial charge in [0.1, 0.15) is 6.07 Å². The number of aromatic nitrogens is 1. The number of benzene rings is 1. The Morgan fingerprint density at radius 2 is 1.95 bits per heavy atom. The third-order valence-electron chi connectivity index (χ3n) is 2.72. The number of ether oxygens (including phenoxy) is 2. The number of aromatic amines is 1. The number of hydrogen-bond acceptors (Lipinski definition) is 3. The molecule has 2 rings (SSSR count). The first-order chi connectivity index (χ1) is 9.19. The quantitative estimate of drug-likeness (QED) is 0.850. The summed E-state index contributed by atoms with van der Waals surface area (Å²) in [5.41, 5.74) is 2.24. The number of nitrogens with zero attached hydrogens (tertiary/aromatic N) is 1. The fraction of sp³-hybridized carbons (Fsp3) is 0.357. The van der Waals surface area contributed by atoms with Crippen LogP contribution in [0.25, 0.3) is 10.9 Å². The molecule has 0 bridgehead atoms. The van der Waals surface area contributed by atoms with E-state index < -0.39 is 6.29 Å². The van der Waals surface area contributed by atoms with Crippen molar-refractivity contribution in [1.29, 1.82) is 5.26 Å². The van der Waals surface area contributed by atoms with E-state index in [1.54, 1.807) is 6.07 Å². The van der Waals surface area contributed by atoms with Crippen LogP contribution in [0.15, 0.2) is 22.7 Å². The maximum atomic E-state index is 9.16. The van der Waals surface area contributed by atoms with Crippen LogP contribution < -0.4 is 0 Å². The van der Waals surface area contributed by atoms with Crippen LogP contribution in [0, 0.1) is 11.3 Å². The van der Waals surface area contributed by atoms with Gasteiger partial charge >= 0.3 is 0 Å². The lowest BCUT2D eigenvalue weighted by molar-refractivity contribution is -0.142. The van der Waals surface area contributed by atoms with Gasteiger partial charge in [-0.05, 0) is 32.0 Å². The van der Waals surface area contributed by atoms with Gasteiger partial charge in [-0.3, -0.25) is 0 Å². The van der Waals surface area contributed by atoms with E-state index in [2.05, 4.69) is 27.0 Å². The van der Waals surface area contributed by atoms with Crippen molar-refractivity contribution >= 4 is 26.8 Å². The molecule has 0 fully saturated rings. The molecule has 0 amide bonds. The molecule has 0 saturated heterocycles. The second kappa shape index (κ2) is 6.20. The summed E-state index contributed by atoms with van der Waals surface area (Å²) in [5.74, 6) is 0. The lowest BCUT2D eigenvalue weighted by atomic mass is 10.1. The second-order valence-electron chi connectivity index (χ2n) is 4.00. The molecule has 100 valence electrons. The highest BCUT2D eigenvalue weighted by Crippen LogP contribution is 2.28. The third-order valence-corrected chi connectivity index (χ3v) is 3.18. The molecule has 0 aliphatic rings. The fourth-order valence-electron chi connectivity index (χ4n) is 1.97. The van der Waals surface area contributed by atoms with Crippen molar-refractivity contribution in [2.45, 2.75) is 20.1 Å². The lowest BCUT2D eigenvalue weighted by Gasteiger charge is -2.15. The molecule has 0 saturated carbocycles. The monoisotopic (exact) mass is 322 g/mol. The smallest absolute Gasteiger partial charge is 0.198 e. The highest BCUT2D eigenvalue weighted by molar-refractivity contribution is 9.10. The number of nitrogens with one attached hydrogen (secondary N) is 1. The van der Waals surface area contributed by atoms with Crippen LogP contribution in [0.2, 0.25) is 0 Å². The molecular weight excluding hydrogens is 308 g/mol. The predicted octanol–water partition coefficient (Wildman–Crippen LogP) is 3.87. The summed E-state index contributed by atoms with van der Waals surface area (Å²) in [4.78, 5) is 3.22. The van der Waals surface area contributed by atoms with E-state index in [0.717, 1.165) is 21.1 Å². The Morgan fingerprint density at radius 1 is 1.26 bits per heavy atom. The molecule has 0 atom stereocenters. The Morgan fingerprint density at radius 3 is 2.53 bits per heavy atom. The molecule has 0 spiro atoms. The average molecular weight is 323 g/mol. The Labute approximate surface area is 120 Å². The summed E-state index contributed by atoms with van der Waals surface area (Å²) in [6.07, 6.45) is -0.423. The van der Waals surface area contributed by atoms with Gasteiger partial charge in [0.05, 0.1) is 16.8 Å². The van der Waals surface area contributed by atoms with Crippen molar-refractivity contribution in [3.05, 3.63) is 33.9 Å².